The van der Waals surface area contributed by atoms with Crippen molar-refractivity contribution in [2.75, 3.05) is 20.7 Å². The van der Waals surface area contributed by atoms with Crippen molar-refractivity contribution in [3.05, 3.63) is 52.2 Å². The van der Waals surface area contributed by atoms with E-state index < -0.39 is 6.10 Å². The van der Waals surface area contributed by atoms with Crippen LogP contribution in [0, 0.1) is 0 Å². The number of hydrogen-bond acceptors (Lipinski definition) is 4. The summed E-state index contributed by atoms with van der Waals surface area (Å²) in [4.78, 5) is 15.2. The number of carbonyl (C=O) groups excluding carboxylic acids is 1. The lowest BCUT2D eigenvalue weighted by atomic mass is 10.1. The Morgan fingerprint density at radius 2 is 2.12 bits per heavy atom. The summed E-state index contributed by atoms with van der Waals surface area (Å²) < 4.78 is 5.16. The second kappa shape index (κ2) is 9.45. The standard InChI is InChI=1S/C19H25NO3S/c1-20(14-18(21)15-7-5-8-16(13-15)23-2)19(22)11-4-3-9-17-10-6-12-24-17/h5-8,10,12-13,18,21H,3-4,9,11,14H2,1-2H3. The molecule has 0 spiro atoms. The molecule has 2 rings (SSSR count). The predicted molar refractivity (Wildman–Crippen MR) is 97.5 cm³/mol. The van der Waals surface area contributed by atoms with E-state index in [1.165, 1.54) is 4.88 Å². The van der Waals surface area contributed by atoms with Crippen LogP contribution < -0.4 is 4.74 Å². The lowest BCUT2D eigenvalue weighted by Crippen LogP contribution is -2.30. The van der Waals surface area contributed by atoms with Gasteiger partial charge in [-0.3, -0.25) is 4.79 Å². The number of thiophene rings is 1. The summed E-state index contributed by atoms with van der Waals surface area (Å²) in [7, 11) is 3.34. The number of carbonyl (C=O) groups is 1. The molecule has 130 valence electrons. The van der Waals surface area contributed by atoms with Crippen LogP contribution in [0.15, 0.2) is 41.8 Å². The number of likely N-dealkylation sites (N-methyl/N-ethyl adjacent to an activating group) is 1. The van der Waals surface area contributed by atoms with Gasteiger partial charge < -0.3 is 14.7 Å². The van der Waals surface area contributed by atoms with E-state index in [2.05, 4.69) is 17.5 Å². The summed E-state index contributed by atoms with van der Waals surface area (Å²) in [6, 6.07) is 11.5. The number of aryl methyl sites for hydroxylation is 1. The molecule has 0 bridgehead atoms. The molecule has 1 heterocycles. The third-order valence-corrected chi connectivity index (χ3v) is 4.93. The normalized spacial score (nSPS) is 12.0. The molecule has 1 atom stereocenters. The van der Waals surface area contributed by atoms with Crippen LogP contribution in [0.5, 0.6) is 5.75 Å². The topological polar surface area (TPSA) is 49.8 Å². The molecule has 0 radical (unpaired) electrons. The lowest BCUT2D eigenvalue weighted by molar-refractivity contribution is -0.131. The van der Waals surface area contributed by atoms with E-state index in [0.717, 1.165) is 24.8 Å². The van der Waals surface area contributed by atoms with Crippen molar-refractivity contribution in [1.29, 1.82) is 0 Å². The van der Waals surface area contributed by atoms with Crippen LogP contribution in [-0.2, 0) is 11.2 Å². The molecule has 0 aliphatic rings. The number of amides is 1. The molecule has 1 aromatic heterocycles. The maximum absolute atomic E-state index is 12.2. The van der Waals surface area contributed by atoms with E-state index in [-0.39, 0.29) is 12.5 Å². The van der Waals surface area contributed by atoms with Crippen LogP contribution in [0.25, 0.3) is 0 Å². The minimum absolute atomic E-state index is 0.0723. The number of nitrogens with zero attached hydrogens (tertiary/aromatic N) is 1. The molecule has 0 fully saturated rings. The third kappa shape index (κ3) is 5.65. The fraction of sp³-hybridized carbons (Fsp3) is 0.421. The molecule has 1 N–H and O–H groups in total. The minimum atomic E-state index is -0.708. The summed E-state index contributed by atoms with van der Waals surface area (Å²) in [6.45, 7) is 0.289. The molecule has 5 heteroatoms. The second-order valence-electron chi connectivity index (χ2n) is 5.85. The molecule has 2 aromatic rings. The number of rotatable bonds is 9. The molecular formula is C19H25NO3S. The number of benzene rings is 1. The molecular weight excluding hydrogens is 322 g/mol. The first-order valence-electron chi connectivity index (χ1n) is 8.18. The Balaban J connectivity index is 1.73. The van der Waals surface area contributed by atoms with Gasteiger partial charge in [-0.15, -0.1) is 11.3 Å². The molecule has 1 amide bonds. The van der Waals surface area contributed by atoms with Gasteiger partial charge in [0.25, 0.3) is 0 Å². The fourth-order valence-electron chi connectivity index (χ4n) is 2.54. The van der Waals surface area contributed by atoms with Gasteiger partial charge in [0.15, 0.2) is 0 Å². The summed E-state index contributed by atoms with van der Waals surface area (Å²) in [6.07, 6.45) is 2.73. The van der Waals surface area contributed by atoms with Gasteiger partial charge in [-0.25, -0.2) is 0 Å². The summed E-state index contributed by atoms with van der Waals surface area (Å²) in [5.74, 6) is 0.775. The molecule has 0 aliphatic carbocycles. The Morgan fingerprint density at radius 3 is 2.83 bits per heavy atom. The highest BCUT2D eigenvalue weighted by molar-refractivity contribution is 7.09. The summed E-state index contributed by atoms with van der Waals surface area (Å²) >= 11 is 1.76. The number of ether oxygens (including phenoxy) is 1. The SMILES string of the molecule is COc1cccc(C(O)CN(C)C(=O)CCCCc2cccs2)c1. The first kappa shape index (κ1) is 18.5. The maximum Gasteiger partial charge on any atom is 0.222 e. The number of aliphatic hydroxyl groups excluding tert-OH is 1. The van der Waals surface area contributed by atoms with Gasteiger partial charge in [-0.2, -0.15) is 0 Å². The van der Waals surface area contributed by atoms with E-state index in [9.17, 15) is 9.90 Å². The molecule has 1 aromatic carbocycles. The van der Waals surface area contributed by atoms with E-state index in [1.807, 2.05) is 18.2 Å². The van der Waals surface area contributed by atoms with Crippen LogP contribution in [0.1, 0.15) is 35.8 Å². The van der Waals surface area contributed by atoms with E-state index >= 15 is 0 Å². The molecule has 24 heavy (non-hydrogen) atoms. The van der Waals surface area contributed by atoms with Gasteiger partial charge in [0.1, 0.15) is 5.75 Å². The van der Waals surface area contributed by atoms with Crippen LogP contribution in [-0.4, -0.2) is 36.6 Å². The van der Waals surface area contributed by atoms with Gasteiger partial charge in [0.05, 0.1) is 19.8 Å². The molecule has 0 aliphatic heterocycles. The number of aliphatic hydroxyl groups is 1. The van der Waals surface area contributed by atoms with E-state index in [1.54, 1.807) is 36.5 Å². The van der Waals surface area contributed by atoms with Gasteiger partial charge >= 0.3 is 0 Å². The van der Waals surface area contributed by atoms with Crippen molar-refractivity contribution < 1.29 is 14.6 Å². The highest BCUT2D eigenvalue weighted by Gasteiger charge is 2.15. The van der Waals surface area contributed by atoms with Crippen LogP contribution in [0.3, 0.4) is 0 Å². The van der Waals surface area contributed by atoms with E-state index in [4.69, 9.17) is 4.74 Å². The van der Waals surface area contributed by atoms with E-state index in [0.29, 0.717) is 12.2 Å². The Kier molecular flexibility index (Phi) is 7.28. The van der Waals surface area contributed by atoms with Crippen LogP contribution in [0.4, 0.5) is 0 Å². The Labute approximate surface area is 147 Å². The largest absolute Gasteiger partial charge is 0.497 e. The van der Waals surface area contributed by atoms with Crippen LogP contribution in [0.2, 0.25) is 0 Å². The minimum Gasteiger partial charge on any atom is -0.497 e. The highest BCUT2D eigenvalue weighted by Crippen LogP contribution is 2.20. The molecule has 4 nitrogen and oxygen atoms in total. The first-order valence-corrected chi connectivity index (χ1v) is 9.06. The smallest absolute Gasteiger partial charge is 0.222 e. The van der Waals surface area contributed by atoms with Gasteiger partial charge in [-0.1, -0.05) is 18.2 Å². The summed E-state index contributed by atoms with van der Waals surface area (Å²) in [5.41, 5.74) is 0.756. The Morgan fingerprint density at radius 1 is 1.29 bits per heavy atom. The quantitative estimate of drug-likeness (QED) is 0.704. The van der Waals surface area contributed by atoms with Crippen molar-refractivity contribution >= 4 is 17.2 Å². The monoisotopic (exact) mass is 347 g/mol. The maximum atomic E-state index is 12.2. The highest BCUT2D eigenvalue weighted by atomic mass is 32.1. The van der Waals surface area contributed by atoms with Crippen LogP contribution >= 0.6 is 11.3 Å². The molecule has 0 saturated carbocycles. The average Bonchev–Trinajstić information content (AvgIpc) is 3.11. The fourth-order valence-corrected chi connectivity index (χ4v) is 3.29. The summed E-state index contributed by atoms with van der Waals surface area (Å²) in [5, 5.41) is 12.4. The van der Waals surface area contributed by atoms with Crippen molar-refractivity contribution in [2.45, 2.75) is 31.8 Å². The van der Waals surface area contributed by atoms with Gasteiger partial charge in [0, 0.05) is 18.3 Å². The number of hydrogen-bond donors (Lipinski definition) is 1. The molecule has 1 unspecified atom stereocenters. The van der Waals surface area contributed by atoms with Crippen molar-refractivity contribution in [3.63, 3.8) is 0 Å². The first-order chi connectivity index (χ1) is 11.6. The zero-order chi connectivity index (χ0) is 17.4. The van der Waals surface area contributed by atoms with Crippen molar-refractivity contribution in [2.24, 2.45) is 0 Å². The number of methoxy groups -OCH3 is 1. The average molecular weight is 347 g/mol. The Hall–Kier alpha value is -1.85. The van der Waals surface area contributed by atoms with Crippen molar-refractivity contribution in [3.8, 4) is 5.75 Å². The third-order valence-electron chi connectivity index (χ3n) is 4.00. The van der Waals surface area contributed by atoms with Gasteiger partial charge in [0.2, 0.25) is 5.91 Å². The molecule has 0 saturated heterocycles. The second-order valence-corrected chi connectivity index (χ2v) is 6.89. The zero-order valence-electron chi connectivity index (χ0n) is 14.3. The van der Waals surface area contributed by atoms with Crippen molar-refractivity contribution in [1.82, 2.24) is 4.90 Å². The zero-order valence-corrected chi connectivity index (χ0v) is 15.1. The Bertz CT molecular complexity index is 627. The predicted octanol–water partition coefficient (Wildman–Crippen LogP) is 3.66. The van der Waals surface area contributed by atoms with Gasteiger partial charge in [-0.05, 0) is 48.4 Å². The lowest BCUT2D eigenvalue weighted by Gasteiger charge is -2.21. The number of unbranched alkanes of at least 4 members (excludes halogenated alkanes) is 1.